The van der Waals surface area contributed by atoms with E-state index in [2.05, 4.69) is 53.1 Å². The molecule has 2 fully saturated rings. The fourth-order valence-corrected chi connectivity index (χ4v) is 5.66. The molecule has 0 N–H and O–H groups in total. The van der Waals surface area contributed by atoms with Crippen LogP contribution in [-0.2, 0) is 6.54 Å². The predicted octanol–water partition coefficient (Wildman–Crippen LogP) is 5.13. The van der Waals surface area contributed by atoms with Gasteiger partial charge in [0.15, 0.2) is 0 Å². The summed E-state index contributed by atoms with van der Waals surface area (Å²) in [5.41, 5.74) is 4.83. The molecule has 0 aromatic heterocycles. The number of piperidine rings is 1. The van der Waals surface area contributed by atoms with E-state index in [0.29, 0.717) is 11.8 Å². The van der Waals surface area contributed by atoms with E-state index in [1.165, 1.54) is 16.7 Å². The molecule has 33 heavy (non-hydrogen) atoms. The lowest BCUT2D eigenvalue weighted by Crippen LogP contribution is -2.47. The first-order valence-corrected chi connectivity index (χ1v) is 11.9. The molecule has 0 aliphatic carbocycles. The summed E-state index contributed by atoms with van der Waals surface area (Å²) in [5.74, 6) is 1.78. The Kier molecular flexibility index (Phi) is 6.19. The number of carbonyl (C=O) groups is 1. The Bertz CT molecular complexity index is 1100. The Morgan fingerprint density at radius 1 is 0.939 bits per heavy atom. The van der Waals surface area contributed by atoms with Gasteiger partial charge in [0.2, 0.25) is 0 Å². The summed E-state index contributed by atoms with van der Waals surface area (Å²) < 4.78 is 5.38. The smallest absolute Gasteiger partial charge is 0.254 e. The predicted molar refractivity (Wildman–Crippen MR) is 132 cm³/mol. The van der Waals surface area contributed by atoms with Crippen molar-refractivity contribution in [1.29, 1.82) is 0 Å². The summed E-state index contributed by atoms with van der Waals surface area (Å²) >= 11 is 0. The second kappa shape index (κ2) is 9.40. The van der Waals surface area contributed by atoms with Crippen molar-refractivity contribution in [3.63, 3.8) is 0 Å². The molecule has 2 aliphatic rings. The van der Waals surface area contributed by atoms with Crippen LogP contribution in [0, 0.1) is 12.8 Å². The number of carbonyl (C=O) groups excluding carboxylic acids is 1. The van der Waals surface area contributed by atoms with E-state index in [9.17, 15) is 4.79 Å². The summed E-state index contributed by atoms with van der Waals surface area (Å²) in [7, 11) is 1.70. The Morgan fingerprint density at radius 3 is 2.39 bits per heavy atom. The van der Waals surface area contributed by atoms with Crippen LogP contribution in [0.1, 0.15) is 39.4 Å². The minimum atomic E-state index is 0.161. The van der Waals surface area contributed by atoms with Gasteiger partial charge in [0.05, 0.1) is 7.11 Å². The van der Waals surface area contributed by atoms with Crippen LogP contribution in [0.15, 0.2) is 78.9 Å². The Labute approximate surface area is 196 Å². The molecule has 0 spiro atoms. The van der Waals surface area contributed by atoms with Crippen LogP contribution in [0.5, 0.6) is 5.75 Å². The highest BCUT2D eigenvalue weighted by Crippen LogP contribution is 2.42. The van der Waals surface area contributed by atoms with E-state index in [1.54, 1.807) is 7.11 Å². The first kappa shape index (κ1) is 21.7. The number of aryl methyl sites for hydroxylation is 1. The van der Waals surface area contributed by atoms with Gasteiger partial charge in [-0.3, -0.25) is 9.69 Å². The minimum absolute atomic E-state index is 0.161. The van der Waals surface area contributed by atoms with Crippen molar-refractivity contribution in [2.24, 2.45) is 5.92 Å². The highest BCUT2D eigenvalue weighted by molar-refractivity contribution is 5.94. The quantitative estimate of drug-likeness (QED) is 0.551. The lowest BCUT2D eigenvalue weighted by atomic mass is 9.81. The first-order valence-electron chi connectivity index (χ1n) is 11.9. The van der Waals surface area contributed by atoms with E-state index in [4.69, 9.17) is 4.74 Å². The van der Waals surface area contributed by atoms with Crippen LogP contribution < -0.4 is 4.74 Å². The summed E-state index contributed by atoms with van der Waals surface area (Å²) in [6.45, 7) is 5.96. The third-order valence-corrected chi connectivity index (χ3v) is 7.50. The van der Waals surface area contributed by atoms with Gasteiger partial charge in [0.25, 0.3) is 5.91 Å². The number of rotatable bonds is 5. The minimum Gasteiger partial charge on any atom is -0.497 e. The molecule has 0 unspecified atom stereocenters. The van der Waals surface area contributed by atoms with Gasteiger partial charge in [-0.25, -0.2) is 0 Å². The van der Waals surface area contributed by atoms with E-state index in [-0.39, 0.29) is 11.9 Å². The standard InChI is InChI=1S/C29H32N2O2/c1-21-8-6-7-11-24(21)18-30-17-16-28-27(19-30)26(22-12-14-25(33-2)15-13-22)20-31(28)29(32)23-9-4-3-5-10-23/h3-15,26-28H,16-20H2,1-2H3/t26-,27-,28-/m1/s1. The Morgan fingerprint density at radius 2 is 1.67 bits per heavy atom. The number of amides is 1. The van der Waals surface area contributed by atoms with E-state index in [1.807, 2.05) is 42.5 Å². The summed E-state index contributed by atoms with van der Waals surface area (Å²) in [4.78, 5) is 18.2. The van der Waals surface area contributed by atoms with Crippen molar-refractivity contribution in [2.45, 2.75) is 31.8 Å². The van der Waals surface area contributed by atoms with Crippen LogP contribution in [-0.4, -0.2) is 48.5 Å². The molecule has 5 rings (SSSR count). The monoisotopic (exact) mass is 440 g/mol. The van der Waals surface area contributed by atoms with Gasteiger partial charge in [-0.05, 0) is 54.3 Å². The van der Waals surface area contributed by atoms with Gasteiger partial charge in [0, 0.05) is 49.6 Å². The molecule has 2 heterocycles. The third kappa shape index (κ3) is 4.40. The van der Waals surface area contributed by atoms with Gasteiger partial charge in [-0.1, -0.05) is 54.6 Å². The van der Waals surface area contributed by atoms with Gasteiger partial charge in [0.1, 0.15) is 5.75 Å². The second-order valence-corrected chi connectivity index (χ2v) is 9.38. The first-order chi connectivity index (χ1) is 16.1. The number of benzene rings is 3. The number of nitrogens with zero attached hydrogens (tertiary/aromatic N) is 2. The molecule has 4 nitrogen and oxygen atoms in total. The highest BCUT2D eigenvalue weighted by atomic mass is 16.5. The molecule has 0 radical (unpaired) electrons. The van der Waals surface area contributed by atoms with E-state index < -0.39 is 0 Å². The number of methoxy groups -OCH3 is 1. The molecule has 3 aromatic carbocycles. The number of fused-ring (bicyclic) bond motifs is 1. The number of likely N-dealkylation sites (tertiary alicyclic amines) is 2. The van der Waals surface area contributed by atoms with Crippen molar-refractivity contribution in [3.8, 4) is 5.75 Å². The Hall–Kier alpha value is -3.11. The molecule has 4 heteroatoms. The largest absolute Gasteiger partial charge is 0.497 e. The topological polar surface area (TPSA) is 32.8 Å². The van der Waals surface area contributed by atoms with Crippen molar-refractivity contribution < 1.29 is 9.53 Å². The molecule has 1 amide bonds. The van der Waals surface area contributed by atoms with Gasteiger partial charge < -0.3 is 9.64 Å². The molecular weight excluding hydrogens is 408 g/mol. The number of hydrogen-bond acceptors (Lipinski definition) is 3. The van der Waals surface area contributed by atoms with Crippen molar-refractivity contribution in [1.82, 2.24) is 9.80 Å². The molecule has 2 saturated heterocycles. The summed E-state index contributed by atoms with van der Waals surface area (Å²) in [6.07, 6.45) is 1.02. The molecule has 2 aliphatic heterocycles. The fourth-order valence-electron chi connectivity index (χ4n) is 5.66. The fraction of sp³-hybridized carbons (Fsp3) is 0.345. The average molecular weight is 441 g/mol. The van der Waals surface area contributed by atoms with Crippen LogP contribution in [0.25, 0.3) is 0 Å². The lowest BCUT2D eigenvalue weighted by molar-refractivity contribution is 0.0614. The average Bonchev–Trinajstić information content (AvgIpc) is 3.24. The van der Waals surface area contributed by atoms with Gasteiger partial charge in [-0.2, -0.15) is 0 Å². The zero-order valence-corrected chi connectivity index (χ0v) is 19.5. The van der Waals surface area contributed by atoms with Crippen molar-refractivity contribution in [3.05, 3.63) is 101 Å². The maximum atomic E-state index is 13.5. The summed E-state index contributed by atoms with van der Waals surface area (Å²) in [5, 5.41) is 0. The molecular formula is C29H32N2O2. The maximum Gasteiger partial charge on any atom is 0.254 e. The van der Waals surface area contributed by atoms with E-state index in [0.717, 1.165) is 43.9 Å². The second-order valence-electron chi connectivity index (χ2n) is 9.38. The highest BCUT2D eigenvalue weighted by Gasteiger charge is 2.47. The molecule has 0 saturated carbocycles. The zero-order chi connectivity index (χ0) is 22.8. The number of ether oxygens (including phenoxy) is 1. The van der Waals surface area contributed by atoms with Gasteiger partial charge in [-0.15, -0.1) is 0 Å². The molecule has 3 aromatic rings. The summed E-state index contributed by atoms with van der Waals surface area (Å²) in [6, 6.07) is 27.1. The molecule has 0 bridgehead atoms. The van der Waals surface area contributed by atoms with Gasteiger partial charge >= 0.3 is 0 Å². The molecule has 170 valence electrons. The Balaban J connectivity index is 1.42. The third-order valence-electron chi connectivity index (χ3n) is 7.50. The van der Waals surface area contributed by atoms with Crippen LogP contribution in [0.4, 0.5) is 0 Å². The van der Waals surface area contributed by atoms with Crippen LogP contribution >= 0.6 is 0 Å². The normalized spacial score (nSPS) is 22.7. The van der Waals surface area contributed by atoms with Crippen LogP contribution in [0.2, 0.25) is 0 Å². The van der Waals surface area contributed by atoms with Crippen molar-refractivity contribution >= 4 is 5.91 Å². The zero-order valence-electron chi connectivity index (χ0n) is 19.5. The lowest BCUT2D eigenvalue weighted by Gasteiger charge is -2.39. The van der Waals surface area contributed by atoms with E-state index >= 15 is 0 Å². The van der Waals surface area contributed by atoms with Crippen molar-refractivity contribution in [2.75, 3.05) is 26.7 Å². The molecule has 3 atom stereocenters. The van der Waals surface area contributed by atoms with Crippen LogP contribution in [0.3, 0.4) is 0 Å². The maximum absolute atomic E-state index is 13.5. The number of hydrogen-bond donors (Lipinski definition) is 0. The SMILES string of the molecule is COc1ccc([C@H]2CN(C(=O)c3ccccc3)[C@@H]3CCN(Cc4ccccc4C)C[C@H]23)cc1.